The van der Waals surface area contributed by atoms with Crippen molar-refractivity contribution in [3.63, 3.8) is 0 Å². The molecule has 1 heterocycles. The lowest BCUT2D eigenvalue weighted by atomic mass is 9.97. The molecule has 1 saturated heterocycles. The van der Waals surface area contributed by atoms with E-state index >= 15 is 0 Å². The van der Waals surface area contributed by atoms with Crippen molar-refractivity contribution in [2.75, 3.05) is 25.9 Å². The largest absolute Gasteiger partial charge is 0.341 e. The van der Waals surface area contributed by atoms with Crippen LogP contribution in [0.1, 0.15) is 24.4 Å². The number of rotatable bonds is 5. The van der Waals surface area contributed by atoms with Crippen LogP contribution < -0.4 is 10.5 Å². The Morgan fingerprint density at radius 1 is 1.39 bits per heavy atom. The number of carbonyl (C=O) groups excluding carboxylic acids is 1. The second-order valence-electron chi connectivity index (χ2n) is 5.80. The van der Waals surface area contributed by atoms with E-state index in [1.54, 1.807) is 4.90 Å². The lowest BCUT2D eigenvalue weighted by molar-refractivity contribution is -0.134. The summed E-state index contributed by atoms with van der Waals surface area (Å²) in [6, 6.07) is 8.62. The van der Waals surface area contributed by atoms with Crippen LogP contribution in [-0.4, -0.2) is 45.1 Å². The van der Waals surface area contributed by atoms with E-state index in [4.69, 9.17) is 5.73 Å². The molecule has 0 aliphatic carbocycles. The van der Waals surface area contributed by atoms with Crippen molar-refractivity contribution in [1.29, 1.82) is 0 Å². The van der Waals surface area contributed by atoms with Crippen molar-refractivity contribution in [1.82, 2.24) is 9.62 Å². The van der Waals surface area contributed by atoms with Crippen LogP contribution in [-0.2, 0) is 14.8 Å². The molecule has 6 nitrogen and oxygen atoms in total. The standard InChI is InChI=1S/C15H23N3O3S.ClH/c1-22(20,21)17-10-12-6-5-9-18(11-12)15(19)14(16)13-7-3-2-4-8-13;/h2-4,7-8,12,14,17H,5-6,9-11,16H2,1H3;1H. The molecule has 1 aromatic rings. The first kappa shape index (κ1) is 19.9. The Hall–Kier alpha value is -1.15. The average molecular weight is 362 g/mol. The molecule has 0 radical (unpaired) electrons. The topological polar surface area (TPSA) is 92.5 Å². The van der Waals surface area contributed by atoms with Gasteiger partial charge in [-0.25, -0.2) is 13.1 Å². The lowest BCUT2D eigenvalue weighted by Gasteiger charge is -2.34. The number of nitrogens with zero attached hydrogens (tertiary/aromatic N) is 1. The molecule has 23 heavy (non-hydrogen) atoms. The van der Waals surface area contributed by atoms with Crippen molar-refractivity contribution in [3.8, 4) is 0 Å². The summed E-state index contributed by atoms with van der Waals surface area (Å²) >= 11 is 0. The number of nitrogens with one attached hydrogen (secondary N) is 1. The van der Waals surface area contributed by atoms with Crippen molar-refractivity contribution in [2.24, 2.45) is 11.7 Å². The van der Waals surface area contributed by atoms with Gasteiger partial charge < -0.3 is 10.6 Å². The normalized spacial score (nSPS) is 19.7. The molecule has 0 saturated carbocycles. The molecule has 1 aliphatic rings. The van der Waals surface area contributed by atoms with Crippen LogP contribution in [0.2, 0.25) is 0 Å². The zero-order valence-electron chi connectivity index (χ0n) is 13.1. The third kappa shape index (κ3) is 6.10. The zero-order valence-corrected chi connectivity index (χ0v) is 14.8. The first-order valence-electron chi connectivity index (χ1n) is 7.41. The Bertz CT molecular complexity index is 610. The number of piperidine rings is 1. The van der Waals surface area contributed by atoms with Crippen LogP contribution in [0.4, 0.5) is 0 Å². The van der Waals surface area contributed by atoms with Gasteiger partial charge in [0.15, 0.2) is 0 Å². The summed E-state index contributed by atoms with van der Waals surface area (Å²) in [5.41, 5.74) is 6.85. The van der Waals surface area contributed by atoms with Gasteiger partial charge in [0.1, 0.15) is 6.04 Å². The van der Waals surface area contributed by atoms with Gasteiger partial charge in [-0.15, -0.1) is 12.4 Å². The number of sulfonamides is 1. The van der Waals surface area contributed by atoms with Crippen LogP contribution in [0, 0.1) is 5.92 Å². The number of hydrogen-bond acceptors (Lipinski definition) is 4. The van der Waals surface area contributed by atoms with Crippen molar-refractivity contribution >= 4 is 28.3 Å². The number of carbonyl (C=O) groups is 1. The molecule has 1 amide bonds. The Morgan fingerprint density at radius 2 is 2.04 bits per heavy atom. The van der Waals surface area contributed by atoms with Gasteiger partial charge in [-0.1, -0.05) is 30.3 Å². The Balaban J connectivity index is 0.00000264. The fraction of sp³-hybridized carbons (Fsp3) is 0.533. The summed E-state index contributed by atoms with van der Waals surface area (Å²) in [6.45, 7) is 1.58. The smallest absolute Gasteiger partial charge is 0.244 e. The van der Waals surface area contributed by atoms with E-state index in [9.17, 15) is 13.2 Å². The summed E-state index contributed by atoms with van der Waals surface area (Å²) in [7, 11) is -3.20. The van der Waals surface area contributed by atoms with Gasteiger partial charge in [0.2, 0.25) is 15.9 Å². The molecular formula is C15H24ClN3O3S. The molecule has 1 aromatic carbocycles. The highest BCUT2D eigenvalue weighted by Crippen LogP contribution is 2.20. The van der Waals surface area contributed by atoms with E-state index in [-0.39, 0.29) is 24.2 Å². The minimum Gasteiger partial charge on any atom is -0.341 e. The molecule has 8 heteroatoms. The van der Waals surface area contributed by atoms with Gasteiger partial charge in [-0.2, -0.15) is 0 Å². The Kier molecular flexibility index (Phi) is 7.47. The van der Waals surface area contributed by atoms with Gasteiger partial charge in [0.25, 0.3) is 0 Å². The molecule has 1 fully saturated rings. The van der Waals surface area contributed by atoms with Crippen LogP contribution >= 0.6 is 12.4 Å². The fourth-order valence-corrected chi connectivity index (χ4v) is 3.24. The first-order valence-corrected chi connectivity index (χ1v) is 9.30. The third-order valence-corrected chi connectivity index (χ3v) is 4.58. The highest BCUT2D eigenvalue weighted by atomic mass is 35.5. The monoisotopic (exact) mass is 361 g/mol. The second kappa shape index (κ2) is 8.63. The molecule has 0 bridgehead atoms. The molecular weight excluding hydrogens is 338 g/mol. The zero-order chi connectivity index (χ0) is 16.2. The van der Waals surface area contributed by atoms with Crippen molar-refractivity contribution < 1.29 is 13.2 Å². The Labute approximate surface area is 143 Å². The molecule has 130 valence electrons. The molecule has 0 spiro atoms. The van der Waals surface area contributed by atoms with E-state index in [0.29, 0.717) is 19.6 Å². The summed E-state index contributed by atoms with van der Waals surface area (Å²) in [5, 5.41) is 0. The number of benzene rings is 1. The van der Waals surface area contributed by atoms with Gasteiger partial charge in [-0.05, 0) is 24.3 Å². The van der Waals surface area contributed by atoms with Gasteiger partial charge >= 0.3 is 0 Å². The number of likely N-dealkylation sites (tertiary alicyclic amines) is 1. The molecule has 2 atom stereocenters. The number of nitrogens with two attached hydrogens (primary N) is 1. The highest BCUT2D eigenvalue weighted by Gasteiger charge is 2.28. The van der Waals surface area contributed by atoms with Crippen molar-refractivity contribution in [2.45, 2.75) is 18.9 Å². The first-order chi connectivity index (χ1) is 10.4. The molecule has 2 rings (SSSR count). The van der Waals surface area contributed by atoms with Gasteiger partial charge in [0.05, 0.1) is 6.26 Å². The van der Waals surface area contributed by atoms with Crippen LogP contribution in [0.25, 0.3) is 0 Å². The van der Waals surface area contributed by atoms with Gasteiger partial charge in [0, 0.05) is 19.6 Å². The predicted octanol–water partition coefficient (Wildman–Crippen LogP) is 0.896. The lowest BCUT2D eigenvalue weighted by Crippen LogP contribution is -2.46. The van der Waals surface area contributed by atoms with E-state index in [2.05, 4.69) is 4.72 Å². The van der Waals surface area contributed by atoms with Gasteiger partial charge in [-0.3, -0.25) is 4.79 Å². The molecule has 3 N–H and O–H groups in total. The molecule has 2 unspecified atom stereocenters. The maximum Gasteiger partial charge on any atom is 0.244 e. The second-order valence-corrected chi connectivity index (χ2v) is 7.63. The van der Waals surface area contributed by atoms with E-state index < -0.39 is 16.1 Å². The molecule has 1 aliphatic heterocycles. The van der Waals surface area contributed by atoms with Crippen LogP contribution in [0.5, 0.6) is 0 Å². The minimum absolute atomic E-state index is 0. The molecule has 0 aromatic heterocycles. The average Bonchev–Trinajstić information content (AvgIpc) is 2.52. The summed E-state index contributed by atoms with van der Waals surface area (Å²) < 4.78 is 24.9. The highest BCUT2D eigenvalue weighted by molar-refractivity contribution is 7.88. The number of halogens is 1. The van der Waals surface area contributed by atoms with Crippen LogP contribution in [0.3, 0.4) is 0 Å². The predicted molar refractivity (Wildman–Crippen MR) is 92.8 cm³/mol. The Morgan fingerprint density at radius 3 is 2.65 bits per heavy atom. The SMILES string of the molecule is CS(=O)(=O)NCC1CCCN(C(=O)C(N)c2ccccc2)C1.Cl. The van der Waals surface area contributed by atoms with E-state index in [1.807, 2.05) is 30.3 Å². The number of hydrogen-bond donors (Lipinski definition) is 2. The third-order valence-electron chi connectivity index (χ3n) is 3.89. The van der Waals surface area contributed by atoms with E-state index in [1.165, 1.54) is 0 Å². The quantitative estimate of drug-likeness (QED) is 0.814. The maximum absolute atomic E-state index is 12.5. The van der Waals surface area contributed by atoms with E-state index in [0.717, 1.165) is 24.7 Å². The number of amides is 1. The summed E-state index contributed by atoms with van der Waals surface area (Å²) in [5.74, 6) is 0.0330. The van der Waals surface area contributed by atoms with Crippen molar-refractivity contribution in [3.05, 3.63) is 35.9 Å². The fourth-order valence-electron chi connectivity index (χ4n) is 2.70. The summed E-state index contributed by atoms with van der Waals surface area (Å²) in [4.78, 5) is 14.3. The van der Waals surface area contributed by atoms with Crippen LogP contribution in [0.15, 0.2) is 30.3 Å². The minimum atomic E-state index is -3.20. The summed E-state index contributed by atoms with van der Waals surface area (Å²) in [6.07, 6.45) is 2.92. The maximum atomic E-state index is 12.5.